The fourth-order valence-corrected chi connectivity index (χ4v) is 2.64. The topological polar surface area (TPSA) is 41.8 Å². The summed E-state index contributed by atoms with van der Waals surface area (Å²) in [7, 11) is 1.62. The summed E-state index contributed by atoms with van der Waals surface area (Å²) in [5.74, 6) is -1.18. The van der Waals surface area contributed by atoms with E-state index in [0.717, 1.165) is 12.8 Å². The second kappa shape index (κ2) is 7.72. The van der Waals surface area contributed by atoms with Crippen LogP contribution in [0.4, 0.5) is 13.2 Å². The highest BCUT2D eigenvalue weighted by molar-refractivity contribution is 5.86. The highest BCUT2D eigenvalue weighted by Crippen LogP contribution is 2.40. The zero-order valence-electron chi connectivity index (χ0n) is 11.2. The van der Waals surface area contributed by atoms with Crippen molar-refractivity contribution in [3.05, 3.63) is 0 Å². The summed E-state index contributed by atoms with van der Waals surface area (Å²) in [6, 6.07) is 0. The number of halogens is 3. The molecule has 0 unspecified atom stereocenters. The zero-order valence-corrected chi connectivity index (χ0v) is 11.2. The van der Waals surface area contributed by atoms with Crippen molar-refractivity contribution in [1.82, 2.24) is 0 Å². The van der Waals surface area contributed by atoms with Crippen LogP contribution in [0.2, 0.25) is 0 Å². The molecule has 0 aliphatic heterocycles. The van der Waals surface area contributed by atoms with Gasteiger partial charge >= 0.3 is 6.18 Å². The van der Waals surface area contributed by atoms with Crippen molar-refractivity contribution < 1.29 is 23.1 Å². The lowest BCUT2D eigenvalue weighted by Crippen LogP contribution is -2.30. The standard InChI is InChI=1S/C13H22F3NO2/c1-19-9-3-2-4-12(17-18)10-5-7-11(8-6-10)13(14,15)16/h10-11,18H,2-9H2,1H3/b17-12+. The molecular formula is C13H22F3NO2. The molecule has 1 saturated carbocycles. The van der Waals surface area contributed by atoms with E-state index in [4.69, 9.17) is 9.94 Å². The van der Waals surface area contributed by atoms with E-state index in [1.165, 1.54) is 0 Å². The number of methoxy groups -OCH3 is 1. The smallest absolute Gasteiger partial charge is 0.391 e. The van der Waals surface area contributed by atoms with Gasteiger partial charge in [-0.05, 0) is 44.9 Å². The number of unbranched alkanes of at least 4 members (excludes halogenated alkanes) is 1. The summed E-state index contributed by atoms with van der Waals surface area (Å²) < 4.78 is 42.6. The lowest BCUT2D eigenvalue weighted by atomic mass is 9.78. The Labute approximate surface area is 111 Å². The Morgan fingerprint density at radius 1 is 1.21 bits per heavy atom. The van der Waals surface area contributed by atoms with Crippen LogP contribution in [0.5, 0.6) is 0 Å². The summed E-state index contributed by atoms with van der Waals surface area (Å²) in [6.45, 7) is 0.652. The predicted molar refractivity (Wildman–Crippen MR) is 66.5 cm³/mol. The number of ether oxygens (including phenoxy) is 1. The molecule has 0 heterocycles. The van der Waals surface area contributed by atoms with Crippen molar-refractivity contribution in [3.8, 4) is 0 Å². The zero-order chi connectivity index (χ0) is 14.3. The van der Waals surface area contributed by atoms with Gasteiger partial charge in [0.05, 0.1) is 11.6 Å². The number of alkyl halides is 3. The Morgan fingerprint density at radius 3 is 2.32 bits per heavy atom. The third-order valence-electron chi connectivity index (χ3n) is 3.82. The van der Waals surface area contributed by atoms with Crippen molar-refractivity contribution in [1.29, 1.82) is 0 Å². The normalized spacial score (nSPS) is 25.6. The minimum atomic E-state index is -4.08. The van der Waals surface area contributed by atoms with Crippen LogP contribution in [0.1, 0.15) is 44.9 Å². The Bertz CT molecular complexity index is 284. The van der Waals surface area contributed by atoms with Crippen molar-refractivity contribution in [3.63, 3.8) is 0 Å². The van der Waals surface area contributed by atoms with Gasteiger partial charge in [0.15, 0.2) is 0 Å². The van der Waals surface area contributed by atoms with Gasteiger partial charge in [-0.15, -0.1) is 0 Å². The van der Waals surface area contributed by atoms with Crippen LogP contribution in [0, 0.1) is 11.8 Å². The van der Waals surface area contributed by atoms with Gasteiger partial charge in [0, 0.05) is 19.6 Å². The lowest BCUT2D eigenvalue weighted by Gasteiger charge is -2.30. The van der Waals surface area contributed by atoms with Gasteiger partial charge in [0.1, 0.15) is 0 Å². The fraction of sp³-hybridized carbons (Fsp3) is 0.923. The monoisotopic (exact) mass is 281 g/mol. The van der Waals surface area contributed by atoms with E-state index in [-0.39, 0.29) is 18.8 Å². The predicted octanol–water partition coefficient (Wildman–Crippen LogP) is 4.00. The third kappa shape index (κ3) is 5.38. The van der Waals surface area contributed by atoms with Gasteiger partial charge < -0.3 is 9.94 Å². The SMILES string of the molecule is COCCCC/C(=N\O)C1CCC(C(F)(F)F)CC1. The summed E-state index contributed by atoms with van der Waals surface area (Å²) in [4.78, 5) is 0. The molecule has 19 heavy (non-hydrogen) atoms. The molecule has 1 aliphatic carbocycles. The van der Waals surface area contributed by atoms with Gasteiger partial charge in [-0.3, -0.25) is 0 Å². The van der Waals surface area contributed by atoms with Crippen LogP contribution < -0.4 is 0 Å². The van der Waals surface area contributed by atoms with E-state index < -0.39 is 12.1 Å². The second-order valence-electron chi connectivity index (χ2n) is 5.13. The van der Waals surface area contributed by atoms with Crippen LogP contribution in [-0.4, -0.2) is 30.8 Å². The molecule has 0 aromatic rings. The first-order valence-electron chi connectivity index (χ1n) is 6.75. The Balaban J connectivity index is 2.36. The Morgan fingerprint density at radius 2 is 1.84 bits per heavy atom. The molecule has 0 aromatic carbocycles. The van der Waals surface area contributed by atoms with Crippen molar-refractivity contribution in [2.45, 2.75) is 51.1 Å². The molecule has 0 spiro atoms. The first-order chi connectivity index (χ1) is 8.99. The van der Waals surface area contributed by atoms with Crippen LogP contribution >= 0.6 is 0 Å². The van der Waals surface area contributed by atoms with Crippen LogP contribution in [-0.2, 0) is 4.74 Å². The first kappa shape index (κ1) is 16.3. The van der Waals surface area contributed by atoms with E-state index in [0.29, 0.717) is 31.6 Å². The molecule has 6 heteroatoms. The fourth-order valence-electron chi connectivity index (χ4n) is 2.64. The maximum atomic E-state index is 12.5. The highest BCUT2D eigenvalue weighted by Gasteiger charge is 2.41. The average Bonchev–Trinajstić information content (AvgIpc) is 2.38. The van der Waals surface area contributed by atoms with E-state index in [9.17, 15) is 13.2 Å². The maximum Gasteiger partial charge on any atom is 0.391 e. The average molecular weight is 281 g/mol. The molecule has 0 bridgehead atoms. The van der Waals surface area contributed by atoms with Crippen molar-refractivity contribution in [2.75, 3.05) is 13.7 Å². The molecule has 112 valence electrons. The van der Waals surface area contributed by atoms with Crippen molar-refractivity contribution >= 4 is 5.71 Å². The van der Waals surface area contributed by atoms with Gasteiger partial charge in [-0.25, -0.2) is 0 Å². The van der Waals surface area contributed by atoms with Crippen LogP contribution in [0.3, 0.4) is 0 Å². The minimum Gasteiger partial charge on any atom is -0.411 e. The lowest BCUT2D eigenvalue weighted by molar-refractivity contribution is -0.182. The molecule has 0 amide bonds. The molecule has 1 aliphatic rings. The first-order valence-corrected chi connectivity index (χ1v) is 6.75. The highest BCUT2D eigenvalue weighted by atomic mass is 19.4. The molecule has 0 aromatic heterocycles. The molecule has 0 saturated heterocycles. The van der Waals surface area contributed by atoms with Crippen LogP contribution in [0.25, 0.3) is 0 Å². The van der Waals surface area contributed by atoms with Crippen molar-refractivity contribution in [2.24, 2.45) is 17.0 Å². The summed E-state index contributed by atoms with van der Waals surface area (Å²) in [5.41, 5.74) is 0.650. The maximum absolute atomic E-state index is 12.5. The van der Waals surface area contributed by atoms with Gasteiger partial charge in [0.25, 0.3) is 0 Å². The second-order valence-corrected chi connectivity index (χ2v) is 5.13. The number of rotatable bonds is 6. The third-order valence-corrected chi connectivity index (χ3v) is 3.82. The number of nitrogens with zero attached hydrogens (tertiary/aromatic N) is 1. The molecule has 3 nitrogen and oxygen atoms in total. The van der Waals surface area contributed by atoms with E-state index in [2.05, 4.69) is 5.16 Å². The molecule has 0 radical (unpaired) electrons. The largest absolute Gasteiger partial charge is 0.411 e. The van der Waals surface area contributed by atoms with Gasteiger partial charge in [0.2, 0.25) is 0 Å². The molecule has 1 N–H and O–H groups in total. The summed E-state index contributed by atoms with van der Waals surface area (Å²) in [5, 5.41) is 12.3. The van der Waals surface area contributed by atoms with Gasteiger partial charge in [-0.1, -0.05) is 5.16 Å². The summed E-state index contributed by atoms with van der Waals surface area (Å²) >= 11 is 0. The van der Waals surface area contributed by atoms with E-state index >= 15 is 0 Å². The quantitative estimate of drug-likeness (QED) is 0.346. The number of hydrogen-bond donors (Lipinski definition) is 1. The van der Waals surface area contributed by atoms with E-state index in [1.807, 2.05) is 0 Å². The Hall–Kier alpha value is -0.780. The van der Waals surface area contributed by atoms with Gasteiger partial charge in [-0.2, -0.15) is 13.2 Å². The molecule has 0 atom stereocenters. The molecule has 1 fully saturated rings. The van der Waals surface area contributed by atoms with Crippen LogP contribution in [0.15, 0.2) is 5.16 Å². The Kier molecular flexibility index (Phi) is 6.62. The summed E-state index contributed by atoms with van der Waals surface area (Å²) in [6.07, 6.45) is -0.515. The molecular weight excluding hydrogens is 259 g/mol. The minimum absolute atomic E-state index is 0.00569. The number of oxime groups is 1. The number of hydrogen-bond acceptors (Lipinski definition) is 3. The van der Waals surface area contributed by atoms with E-state index in [1.54, 1.807) is 7.11 Å². The molecule has 1 rings (SSSR count).